The summed E-state index contributed by atoms with van der Waals surface area (Å²) in [5.74, 6) is 0. The van der Waals surface area contributed by atoms with E-state index in [1.54, 1.807) is 11.3 Å². The Labute approximate surface area is 143 Å². The Morgan fingerprint density at radius 1 is 1.23 bits per heavy atom. The fraction of sp³-hybridized carbons (Fsp3) is 0.0667. The Morgan fingerprint density at radius 2 is 2.05 bits per heavy atom. The second kappa shape index (κ2) is 7.04. The summed E-state index contributed by atoms with van der Waals surface area (Å²) >= 11 is 6.39. The predicted molar refractivity (Wildman–Crippen MR) is 93.4 cm³/mol. The van der Waals surface area contributed by atoms with Crippen molar-refractivity contribution < 1.29 is 9.53 Å². The minimum Gasteiger partial charge on any atom is -0.444 e. The van der Waals surface area contributed by atoms with Crippen LogP contribution in [0.5, 0.6) is 0 Å². The van der Waals surface area contributed by atoms with Crippen LogP contribution in [0.2, 0.25) is 0 Å². The summed E-state index contributed by atoms with van der Waals surface area (Å²) in [5.41, 5.74) is 1.79. The number of thiazole rings is 1. The van der Waals surface area contributed by atoms with Crippen LogP contribution in [0, 0.1) is 0 Å². The molecule has 0 spiro atoms. The van der Waals surface area contributed by atoms with Gasteiger partial charge in [-0.1, -0.05) is 30.3 Å². The molecule has 1 amide bonds. The van der Waals surface area contributed by atoms with Crippen molar-refractivity contribution in [3.8, 4) is 10.6 Å². The zero-order valence-corrected chi connectivity index (χ0v) is 14.5. The molecule has 0 aliphatic carbocycles. The summed E-state index contributed by atoms with van der Waals surface area (Å²) in [5, 5.41) is 5.08. The standard InChI is InChI=1S/C15H11BrN2O2S2/c16-13-7-6-12(22-13)11-9-21-14(17-11)18-15(19)20-8-10-4-2-1-3-5-10/h1-7,9H,8H2,(H,17,18,19). The molecule has 2 heterocycles. The van der Waals surface area contributed by atoms with Crippen LogP contribution in [0.1, 0.15) is 5.56 Å². The predicted octanol–water partition coefficient (Wildman–Crippen LogP) is 5.38. The third-order valence-corrected chi connectivity index (χ3v) is 5.16. The normalized spacial score (nSPS) is 10.4. The molecule has 2 aromatic heterocycles. The molecule has 0 aliphatic rings. The van der Waals surface area contributed by atoms with Crippen molar-refractivity contribution in [1.29, 1.82) is 0 Å². The second-order valence-electron chi connectivity index (χ2n) is 4.33. The molecule has 3 rings (SSSR count). The van der Waals surface area contributed by atoms with E-state index in [-0.39, 0.29) is 6.61 Å². The first kappa shape index (κ1) is 15.2. The Kier molecular flexibility index (Phi) is 4.87. The minimum absolute atomic E-state index is 0.239. The maximum atomic E-state index is 11.8. The van der Waals surface area contributed by atoms with Crippen LogP contribution >= 0.6 is 38.6 Å². The van der Waals surface area contributed by atoms with E-state index in [1.165, 1.54) is 11.3 Å². The highest BCUT2D eigenvalue weighted by molar-refractivity contribution is 9.11. The number of ether oxygens (including phenoxy) is 1. The molecule has 0 saturated heterocycles. The molecule has 0 bridgehead atoms. The van der Waals surface area contributed by atoms with Crippen molar-refractivity contribution in [2.24, 2.45) is 0 Å². The van der Waals surface area contributed by atoms with Gasteiger partial charge >= 0.3 is 6.09 Å². The van der Waals surface area contributed by atoms with Gasteiger partial charge in [-0.15, -0.1) is 22.7 Å². The zero-order valence-electron chi connectivity index (χ0n) is 11.3. The van der Waals surface area contributed by atoms with E-state index in [0.717, 1.165) is 19.9 Å². The summed E-state index contributed by atoms with van der Waals surface area (Å²) in [6.07, 6.45) is -0.503. The van der Waals surface area contributed by atoms with Gasteiger partial charge in [-0.05, 0) is 33.6 Å². The molecule has 0 radical (unpaired) electrons. The Bertz CT molecular complexity index is 771. The minimum atomic E-state index is -0.503. The smallest absolute Gasteiger partial charge is 0.413 e. The van der Waals surface area contributed by atoms with Crippen LogP contribution in [-0.2, 0) is 11.3 Å². The highest BCUT2D eigenvalue weighted by Gasteiger charge is 2.10. The summed E-state index contributed by atoms with van der Waals surface area (Å²) in [4.78, 5) is 17.2. The van der Waals surface area contributed by atoms with Gasteiger partial charge in [0.15, 0.2) is 5.13 Å². The van der Waals surface area contributed by atoms with Gasteiger partial charge in [0, 0.05) is 5.38 Å². The molecule has 0 unspecified atom stereocenters. The second-order valence-corrected chi connectivity index (χ2v) is 7.65. The van der Waals surface area contributed by atoms with Gasteiger partial charge in [0.2, 0.25) is 0 Å². The molecular weight excluding hydrogens is 384 g/mol. The average Bonchev–Trinajstić information content (AvgIpc) is 3.15. The fourth-order valence-electron chi connectivity index (χ4n) is 1.74. The number of aromatic nitrogens is 1. The molecule has 1 N–H and O–H groups in total. The Morgan fingerprint density at radius 3 is 2.77 bits per heavy atom. The number of nitrogens with one attached hydrogen (secondary N) is 1. The van der Waals surface area contributed by atoms with Crippen molar-refractivity contribution in [3.63, 3.8) is 0 Å². The SMILES string of the molecule is O=C(Nc1nc(-c2ccc(Br)s2)cs1)OCc1ccccc1. The van der Waals surface area contributed by atoms with E-state index in [9.17, 15) is 4.79 Å². The molecule has 0 atom stereocenters. The van der Waals surface area contributed by atoms with Gasteiger partial charge in [-0.2, -0.15) is 0 Å². The van der Waals surface area contributed by atoms with Crippen LogP contribution in [0.3, 0.4) is 0 Å². The van der Waals surface area contributed by atoms with E-state index in [2.05, 4.69) is 26.2 Å². The molecule has 0 aliphatic heterocycles. The number of halogens is 1. The Hall–Kier alpha value is -1.70. The largest absolute Gasteiger partial charge is 0.444 e. The molecule has 4 nitrogen and oxygen atoms in total. The van der Waals surface area contributed by atoms with Crippen LogP contribution < -0.4 is 5.32 Å². The molecule has 112 valence electrons. The first-order valence-electron chi connectivity index (χ1n) is 6.39. The third kappa shape index (κ3) is 3.94. The lowest BCUT2D eigenvalue weighted by atomic mass is 10.2. The highest BCUT2D eigenvalue weighted by Crippen LogP contribution is 2.33. The molecule has 0 fully saturated rings. The van der Waals surface area contributed by atoms with Crippen molar-refractivity contribution >= 4 is 49.8 Å². The lowest BCUT2D eigenvalue weighted by molar-refractivity contribution is 0.155. The lowest BCUT2D eigenvalue weighted by Gasteiger charge is -2.04. The van der Waals surface area contributed by atoms with Gasteiger partial charge in [-0.3, -0.25) is 5.32 Å². The lowest BCUT2D eigenvalue weighted by Crippen LogP contribution is -2.13. The number of hydrogen-bond donors (Lipinski definition) is 1. The average molecular weight is 395 g/mol. The zero-order chi connectivity index (χ0) is 15.4. The summed E-state index contributed by atoms with van der Waals surface area (Å²) < 4.78 is 6.21. The van der Waals surface area contributed by atoms with E-state index in [1.807, 2.05) is 47.8 Å². The van der Waals surface area contributed by atoms with Gasteiger partial charge in [0.25, 0.3) is 0 Å². The maximum absolute atomic E-state index is 11.8. The van der Waals surface area contributed by atoms with E-state index >= 15 is 0 Å². The number of thiophene rings is 1. The quantitative estimate of drug-likeness (QED) is 0.645. The molecule has 1 aromatic carbocycles. The number of hydrogen-bond acceptors (Lipinski definition) is 5. The molecular formula is C15H11BrN2O2S2. The number of nitrogens with zero attached hydrogens (tertiary/aromatic N) is 1. The van der Waals surface area contributed by atoms with E-state index in [4.69, 9.17) is 4.74 Å². The molecule has 0 saturated carbocycles. The molecule has 7 heteroatoms. The first-order valence-corrected chi connectivity index (χ1v) is 8.88. The van der Waals surface area contributed by atoms with Gasteiger partial charge in [0.05, 0.1) is 14.4 Å². The van der Waals surface area contributed by atoms with Crippen LogP contribution in [0.25, 0.3) is 10.6 Å². The van der Waals surface area contributed by atoms with Crippen molar-refractivity contribution in [1.82, 2.24) is 4.98 Å². The number of amides is 1. The fourth-order valence-corrected chi connectivity index (χ4v) is 3.86. The van der Waals surface area contributed by atoms with Crippen molar-refractivity contribution in [2.45, 2.75) is 6.61 Å². The summed E-state index contributed by atoms with van der Waals surface area (Å²) in [7, 11) is 0. The van der Waals surface area contributed by atoms with Gasteiger partial charge in [-0.25, -0.2) is 9.78 Å². The van der Waals surface area contributed by atoms with E-state index < -0.39 is 6.09 Å². The van der Waals surface area contributed by atoms with Crippen molar-refractivity contribution in [3.05, 3.63) is 57.2 Å². The van der Waals surface area contributed by atoms with Gasteiger partial charge < -0.3 is 4.74 Å². The monoisotopic (exact) mass is 394 g/mol. The van der Waals surface area contributed by atoms with Crippen LogP contribution in [0.4, 0.5) is 9.93 Å². The number of carbonyl (C=O) groups excluding carboxylic acids is 1. The van der Waals surface area contributed by atoms with Crippen LogP contribution in [-0.4, -0.2) is 11.1 Å². The number of rotatable bonds is 4. The molecule has 3 aromatic rings. The Balaban J connectivity index is 1.57. The van der Waals surface area contributed by atoms with E-state index in [0.29, 0.717) is 5.13 Å². The molecule has 22 heavy (non-hydrogen) atoms. The maximum Gasteiger partial charge on any atom is 0.413 e. The van der Waals surface area contributed by atoms with Crippen LogP contribution in [0.15, 0.2) is 51.6 Å². The summed E-state index contributed by atoms with van der Waals surface area (Å²) in [6.45, 7) is 0.239. The van der Waals surface area contributed by atoms with Crippen molar-refractivity contribution in [2.75, 3.05) is 5.32 Å². The highest BCUT2D eigenvalue weighted by atomic mass is 79.9. The first-order chi connectivity index (χ1) is 10.7. The number of carbonyl (C=O) groups is 1. The number of benzene rings is 1. The van der Waals surface area contributed by atoms with Gasteiger partial charge in [0.1, 0.15) is 6.61 Å². The topological polar surface area (TPSA) is 51.2 Å². The third-order valence-electron chi connectivity index (χ3n) is 2.75. The summed E-state index contributed by atoms with van der Waals surface area (Å²) in [6, 6.07) is 13.5. The number of anilines is 1.